The maximum absolute atomic E-state index is 12.2. The van der Waals surface area contributed by atoms with Crippen LogP contribution >= 0.6 is 0 Å². The molecule has 2 aromatic carbocycles. The molecule has 0 amide bonds. The van der Waals surface area contributed by atoms with Crippen LogP contribution in [0, 0.1) is 0 Å². The second kappa shape index (κ2) is 10.0. The predicted octanol–water partition coefficient (Wildman–Crippen LogP) is 3.91. The van der Waals surface area contributed by atoms with Gasteiger partial charge in [0.1, 0.15) is 0 Å². The number of carboxylic acid groups (broad SMARTS) is 1. The van der Waals surface area contributed by atoms with Gasteiger partial charge in [-0.25, -0.2) is 8.42 Å². The van der Waals surface area contributed by atoms with Crippen molar-refractivity contribution in [3.8, 4) is 0 Å². The average molecular weight is 416 g/mol. The number of benzene rings is 2. The molecular weight excluding hydrogens is 386 g/mol. The smallest absolute Gasteiger partial charge is 0.303 e. The normalized spacial score (nSPS) is 18.3. The molecule has 1 aliphatic rings. The van der Waals surface area contributed by atoms with Gasteiger partial charge in [-0.3, -0.25) is 9.69 Å². The van der Waals surface area contributed by atoms with E-state index in [0.717, 1.165) is 30.5 Å². The van der Waals surface area contributed by atoms with Crippen LogP contribution in [0.3, 0.4) is 0 Å². The summed E-state index contributed by atoms with van der Waals surface area (Å²) in [4.78, 5) is 13.1. The highest BCUT2D eigenvalue weighted by Gasteiger charge is 2.36. The minimum Gasteiger partial charge on any atom is -0.481 e. The molecule has 6 heteroatoms. The second-order valence-corrected chi connectivity index (χ2v) is 9.95. The summed E-state index contributed by atoms with van der Waals surface area (Å²) >= 11 is 0. The quantitative estimate of drug-likeness (QED) is 0.596. The molecule has 1 saturated heterocycles. The van der Waals surface area contributed by atoms with Crippen molar-refractivity contribution >= 4 is 15.8 Å². The number of sulfone groups is 1. The van der Waals surface area contributed by atoms with Crippen LogP contribution in [0.25, 0.3) is 0 Å². The van der Waals surface area contributed by atoms with Crippen molar-refractivity contribution in [1.82, 2.24) is 4.90 Å². The highest BCUT2D eigenvalue weighted by molar-refractivity contribution is 7.91. The molecule has 29 heavy (non-hydrogen) atoms. The van der Waals surface area contributed by atoms with Crippen molar-refractivity contribution < 1.29 is 18.3 Å². The van der Waals surface area contributed by atoms with Crippen molar-refractivity contribution in [1.29, 1.82) is 0 Å². The molecule has 1 heterocycles. The molecule has 0 saturated carbocycles. The second-order valence-electron chi connectivity index (χ2n) is 7.72. The lowest BCUT2D eigenvalue weighted by Crippen LogP contribution is -2.40. The van der Waals surface area contributed by atoms with Gasteiger partial charge >= 0.3 is 5.97 Å². The number of hydrogen-bond acceptors (Lipinski definition) is 4. The van der Waals surface area contributed by atoms with Gasteiger partial charge in [-0.1, -0.05) is 67.1 Å². The van der Waals surface area contributed by atoms with E-state index in [2.05, 4.69) is 29.2 Å². The minimum atomic E-state index is -3.00. The molecule has 5 nitrogen and oxygen atoms in total. The molecule has 0 aliphatic carbocycles. The van der Waals surface area contributed by atoms with E-state index < -0.39 is 15.8 Å². The molecule has 1 atom stereocenters. The molecule has 3 rings (SSSR count). The Labute approximate surface area is 173 Å². The minimum absolute atomic E-state index is 0.0184. The summed E-state index contributed by atoms with van der Waals surface area (Å²) in [5.74, 6) is -0.336. The van der Waals surface area contributed by atoms with Gasteiger partial charge in [0.15, 0.2) is 9.84 Å². The Bertz CT molecular complexity index is 844. The topological polar surface area (TPSA) is 74.7 Å². The number of hydrogen-bond donors (Lipinski definition) is 1. The fourth-order valence-electron chi connectivity index (χ4n) is 4.15. The lowest BCUT2D eigenvalue weighted by atomic mass is 9.95. The van der Waals surface area contributed by atoms with Gasteiger partial charge in [-0.05, 0) is 36.9 Å². The van der Waals surface area contributed by atoms with Crippen molar-refractivity contribution in [2.45, 2.75) is 44.2 Å². The zero-order valence-corrected chi connectivity index (χ0v) is 17.4. The summed E-state index contributed by atoms with van der Waals surface area (Å²) in [5, 5.41) is 8.86. The van der Waals surface area contributed by atoms with E-state index in [-0.39, 0.29) is 30.0 Å². The van der Waals surface area contributed by atoms with Gasteiger partial charge in [-0.15, -0.1) is 0 Å². The average Bonchev–Trinajstić information content (AvgIpc) is 3.07. The summed E-state index contributed by atoms with van der Waals surface area (Å²) < 4.78 is 24.4. The Morgan fingerprint density at radius 3 is 2.03 bits per heavy atom. The maximum atomic E-state index is 12.2. The van der Waals surface area contributed by atoms with E-state index in [1.807, 2.05) is 36.4 Å². The van der Waals surface area contributed by atoms with Crippen LogP contribution in [0.2, 0.25) is 0 Å². The lowest BCUT2D eigenvalue weighted by Gasteiger charge is -2.37. The van der Waals surface area contributed by atoms with Crippen LogP contribution in [0.5, 0.6) is 0 Å². The molecule has 1 fully saturated rings. The first-order valence-corrected chi connectivity index (χ1v) is 12.1. The van der Waals surface area contributed by atoms with Crippen LogP contribution in [0.1, 0.15) is 49.3 Å². The van der Waals surface area contributed by atoms with E-state index in [4.69, 9.17) is 5.11 Å². The van der Waals surface area contributed by atoms with E-state index >= 15 is 0 Å². The Hall–Kier alpha value is -2.18. The van der Waals surface area contributed by atoms with Crippen LogP contribution < -0.4 is 0 Å². The van der Waals surface area contributed by atoms with Gasteiger partial charge in [0.05, 0.1) is 17.5 Å². The number of nitrogens with zero attached hydrogens (tertiary/aromatic N) is 1. The molecule has 0 spiro atoms. The maximum Gasteiger partial charge on any atom is 0.303 e. The molecule has 0 unspecified atom stereocenters. The predicted molar refractivity (Wildman–Crippen MR) is 115 cm³/mol. The molecule has 2 aromatic rings. The van der Waals surface area contributed by atoms with Crippen LogP contribution in [0.4, 0.5) is 0 Å². The number of carbonyl (C=O) groups is 1. The first-order chi connectivity index (χ1) is 14.0. The van der Waals surface area contributed by atoms with Crippen molar-refractivity contribution in [2.75, 3.05) is 18.1 Å². The van der Waals surface area contributed by atoms with Gasteiger partial charge in [0, 0.05) is 12.5 Å². The number of unbranched alkanes of at least 4 members (excludes halogenated alkanes) is 2. The standard InChI is InChI=1S/C23H29NO4S/c25-22(26)14-8-3-9-16-24(21-15-17-29(27,28)18-21)23(19-10-4-1-5-11-19)20-12-6-2-7-13-20/h1-2,4-7,10-13,21,23H,3,8-9,14-18H2,(H,25,26)/t21-/m0/s1. The summed E-state index contributed by atoms with van der Waals surface area (Å²) in [6.45, 7) is 0.744. The Balaban J connectivity index is 1.87. The van der Waals surface area contributed by atoms with E-state index in [9.17, 15) is 13.2 Å². The molecule has 0 bridgehead atoms. The Morgan fingerprint density at radius 2 is 1.55 bits per heavy atom. The Kier molecular flexibility index (Phi) is 7.45. The third-order valence-electron chi connectivity index (χ3n) is 5.55. The third kappa shape index (κ3) is 6.15. The number of aliphatic carboxylic acids is 1. The first-order valence-electron chi connectivity index (χ1n) is 10.2. The third-order valence-corrected chi connectivity index (χ3v) is 7.30. The zero-order valence-electron chi connectivity index (χ0n) is 16.6. The van der Waals surface area contributed by atoms with Gasteiger partial charge < -0.3 is 5.11 Å². The summed E-state index contributed by atoms with van der Waals surface area (Å²) in [7, 11) is -3.00. The van der Waals surface area contributed by atoms with Gasteiger partial charge in [0.2, 0.25) is 0 Å². The fourth-order valence-corrected chi connectivity index (χ4v) is 5.90. The van der Waals surface area contributed by atoms with Crippen molar-refractivity contribution in [2.24, 2.45) is 0 Å². The molecule has 1 aliphatic heterocycles. The first kappa shape index (κ1) is 21.5. The van der Waals surface area contributed by atoms with Crippen LogP contribution in [-0.2, 0) is 14.6 Å². The summed E-state index contributed by atoms with van der Waals surface area (Å²) in [6, 6.07) is 20.4. The van der Waals surface area contributed by atoms with Crippen molar-refractivity contribution in [3.63, 3.8) is 0 Å². The molecule has 156 valence electrons. The summed E-state index contributed by atoms with van der Waals surface area (Å²) in [6.07, 6.45) is 3.14. The van der Waals surface area contributed by atoms with E-state index in [1.54, 1.807) is 0 Å². The molecule has 1 N–H and O–H groups in total. The number of carboxylic acids is 1. The summed E-state index contributed by atoms with van der Waals surface area (Å²) in [5.41, 5.74) is 2.29. The van der Waals surface area contributed by atoms with Gasteiger partial charge in [-0.2, -0.15) is 0 Å². The Morgan fingerprint density at radius 1 is 0.966 bits per heavy atom. The highest BCUT2D eigenvalue weighted by Crippen LogP contribution is 2.33. The fraction of sp³-hybridized carbons (Fsp3) is 0.435. The molecule has 0 radical (unpaired) electrons. The lowest BCUT2D eigenvalue weighted by molar-refractivity contribution is -0.137. The molecule has 0 aromatic heterocycles. The molecular formula is C23H29NO4S. The largest absolute Gasteiger partial charge is 0.481 e. The SMILES string of the molecule is O=C(O)CCCCCN(C(c1ccccc1)c1ccccc1)[C@H]1CCS(=O)(=O)C1. The number of rotatable bonds is 10. The van der Waals surface area contributed by atoms with E-state index in [0.29, 0.717) is 12.8 Å². The van der Waals surface area contributed by atoms with Crippen LogP contribution in [-0.4, -0.2) is 48.5 Å². The van der Waals surface area contributed by atoms with Gasteiger partial charge in [0.25, 0.3) is 0 Å². The van der Waals surface area contributed by atoms with E-state index in [1.165, 1.54) is 0 Å². The monoisotopic (exact) mass is 415 g/mol. The zero-order chi connectivity index (χ0) is 20.7. The van der Waals surface area contributed by atoms with Crippen LogP contribution in [0.15, 0.2) is 60.7 Å². The highest BCUT2D eigenvalue weighted by atomic mass is 32.2. The van der Waals surface area contributed by atoms with Crippen molar-refractivity contribution in [3.05, 3.63) is 71.8 Å².